The van der Waals surface area contributed by atoms with Crippen LogP contribution in [0.5, 0.6) is 0 Å². The van der Waals surface area contributed by atoms with Gasteiger partial charge in [-0.1, -0.05) is 19.8 Å². The SMILES string of the molecule is CCCC1CC(F)C2CC(c3cc(F)c(F)c(F)c3)CC2C(F)C1. The highest BCUT2D eigenvalue weighted by atomic mass is 19.2. The van der Waals surface area contributed by atoms with Crippen LogP contribution in [-0.2, 0) is 0 Å². The lowest BCUT2D eigenvalue weighted by molar-refractivity contribution is 0.137. The summed E-state index contributed by atoms with van der Waals surface area (Å²) in [6.45, 7) is 2.01. The summed E-state index contributed by atoms with van der Waals surface area (Å²) in [5.41, 5.74) is 0.309. The standard InChI is InChI=1S/C19H23F5/c1-2-3-10-4-15(20)13-6-11(7-14(13)16(21)5-10)12-8-17(22)19(24)18(23)9-12/h8-11,13-16H,2-7H2,1H3. The Hall–Kier alpha value is -1.13. The van der Waals surface area contributed by atoms with Crippen LogP contribution in [0.1, 0.15) is 56.9 Å². The summed E-state index contributed by atoms with van der Waals surface area (Å²) in [7, 11) is 0. The summed E-state index contributed by atoms with van der Waals surface area (Å²) in [5, 5.41) is 0. The number of rotatable bonds is 3. The van der Waals surface area contributed by atoms with E-state index in [1.54, 1.807) is 0 Å². The van der Waals surface area contributed by atoms with Crippen LogP contribution in [0.3, 0.4) is 0 Å². The first-order chi connectivity index (χ1) is 11.4. The van der Waals surface area contributed by atoms with E-state index in [1.165, 1.54) is 0 Å². The van der Waals surface area contributed by atoms with E-state index in [4.69, 9.17) is 0 Å². The van der Waals surface area contributed by atoms with E-state index in [1.807, 2.05) is 6.92 Å². The molecule has 4 atom stereocenters. The van der Waals surface area contributed by atoms with Gasteiger partial charge in [-0.05, 0) is 67.1 Å². The Morgan fingerprint density at radius 3 is 1.83 bits per heavy atom. The van der Waals surface area contributed by atoms with E-state index in [9.17, 15) is 22.0 Å². The fourth-order valence-corrected chi connectivity index (χ4v) is 4.74. The Morgan fingerprint density at radius 1 is 0.875 bits per heavy atom. The number of benzene rings is 1. The number of hydrogen-bond acceptors (Lipinski definition) is 0. The molecule has 1 aromatic carbocycles. The second-order valence-corrected chi connectivity index (χ2v) is 7.45. The molecule has 3 rings (SSSR count). The average molecular weight is 346 g/mol. The molecular weight excluding hydrogens is 323 g/mol. The fourth-order valence-electron chi connectivity index (χ4n) is 4.74. The molecule has 2 aliphatic rings. The summed E-state index contributed by atoms with van der Waals surface area (Å²) in [6, 6.07) is 1.93. The summed E-state index contributed by atoms with van der Waals surface area (Å²) >= 11 is 0. The van der Waals surface area contributed by atoms with Crippen LogP contribution in [0, 0.1) is 35.2 Å². The minimum absolute atomic E-state index is 0.0739. The first-order valence-corrected chi connectivity index (χ1v) is 8.83. The molecule has 4 unspecified atom stereocenters. The number of fused-ring (bicyclic) bond motifs is 1. The molecule has 0 heterocycles. The highest BCUT2D eigenvalue weighted by Gasteiger charge is 2.47. The monoisotopic (exact) mass is 346 g/mol. The Balaban J connectivity index is 1.79. The van der Waals surface area contributed by atoms with Crippen molar-refractivity contribution in [1.82, 2.24) is 0 Å². The van der Waals surface area contributed by atoms with Gasteiger partial charge in [0.2, 0.25) is 0 Å². The zero-order valence-corrected chi connectivity index (χ0v) is 13.8. The van der Waals surface area contributed by atoms with E-state index < -0.39 is 41.6 Å². The smallest absolute Gasteiger partial charge is 0.194 e. The van der Waals surface area contributed by atoms with Crippen LogP contribution in [0.25, 0.3) is 0 Å². The predicted octanol–water partition coefficient (Wildman–Crippen LogP) is 6.10. The largest absolute Gasteiger partial charge is 0.247 e. The van der Waals surface area contributed by atoms with Gasteiger partial charge in [0.05, 0.1) is 0 Å². The highest BCUT2D eigenvalue weighted by molar-refractivity contribution is 5.25. The lowest BCUT2D eigenvalue weighted by atomic mass is 9.89. The van der Waals surface area contributed by atoms with Gasteiger partial charge in [0, 0.05) is 0 Å². The molecule has 134 valence electrons. The van der Waals surface area contributed by atoms with E-state index in [0.29, 0.717) is 31.2 Å². The van der Waals surface area contributed by atoms with Crippen molar-refractivity contribution >= 4 is 0 Å². The molecule has 0 amide bonds. The lowest BCUT2D eigenvalue weighted by Crippen LogP contribution is -2.23. The lowest BCUT2D eigenvalue weighted by Gasteiger charge is -2.21. The van der Waals surface area contributed by atoms with Gasteiger partial charge in [-0.15, -0.1) is 0 Å². The van der Waals surface area contributed by atoms with Gasteiger partial charge in [0.1, 0.15) is 12.3 Å². The van der Waals surface area contributed by atoms with Crippen molar-refractivity contribution in [1.29, 1.82) is 0 Å². The molecule has 5 heteroatoms. The van der Waals surface area contributed by atoms with Gasteiger partial charge in [0.15, 0.2) is 17.5 Å². The number of alkyl halides is 2. The maximum absolute atomic E-state index is 14.7. The van der Waals surface area contributed by atoms with Crippen molar-refractivity contribution in [2.24, 2.45) is 17.8 Å². The normalized spacial score (nSPS) is 36.4. The molecule has 2 saturated carbocycles. The van der Waals surface area contributed by atoms with Gasteiger partial charge < -0.3 is 0 Å². The molecule has 24 heavy (non-hydrogen) atoms. The Bertz CT molecular complexity index is 544. The van der Waals surface area contributed by atoms with Crippen molar-refractivity contribution in [2.75, 3.05) is 0 Å². The van der Waals surface area contributed by atoms with Crippen molar-refractivity contribution in [3.8, 4) is 0 Å². The van der Waals surface area contributed by atoms with Crippen molar-refractivity contribution < 1.29 is 22.0 Å². The third-order valence-electron chi connectivity index (χ3n) is 5.88. The van der Waals surface area contributed by atoms with Crippen molar-refractivity contribution in [3.05, 3.63) is 35.1 Å². The molecule has 0 nitrogen and oxygen atoms in total. The summed E-state index contributed by atoms with van der Waals surface area (Å²) in [6.07, 6.45) is 1.07. The van der Waals surface area contributed by atoms with Gasteiger partial charge >= 0.3 is 0 Å². The van der Waals surface area contributed by atoms with Gasteiger partial charge in [0.25, 0.3) is 0 Å². The molecule has 0 saturated heterocycles. The molecule has 0 aromatic heterocycles. The van der Waals surface area contributed by atoms with Gasteiger partial charge in [-0.2, -0.15) is 0 Å². The average Bonchev–Trinajstić information content (AvgIpc) is 2.93. The maximum Gasteiger partial charge on any atom is 0.194 e. The van der Waals surface area contributed by atoms with E-state index >= 15 is 0 Å². The zero-order valence-electron chi connectivity index (χ0n) is 13.8. The van der Waals surface area contributed by atoms with Crippen LogP contribution in [0.2, 0.25) is 0 Å². The second-order valence-electron chi connectivity index (χ2n) is 7.45. The van der Waals surface area contributed by atoms with E-state index in [-0.39, 0.29) is 11.8 Å². The van der Waals surface area contributed by atoms with Gasteiger partial charge in [-0.3, -0.25) is 0 Å². The highest BCUT2D eigenvalue weighted by Crippen LogP contribution is 2.51. The first kappa shape index (κ1) is 17.7. The van der Waals surface area contributed by atoms with Gasteiger partial charge in [-0.25, -0.2) is 22.0 Å². The minimum atomic E-state index is -1.50. The third-order valence-corrected chi connectivity index (χ3v) is 5.88. The molecule has 2 fully saturated rings. The maximum atomic E-state index is 14.7. The third kappa shape index (κ3) is 3.31. The summed E-state index contributed by atoms with van der Waals surface area (Å²) in [4.78, 5) is 0. The number of hydrogen-bond donors (Lipinski definition) is 0. The van der Waals surface area contributed by atoms with Crippen LogP contribution >= 0.6 is 0 Å². The zero-order chi connectivity index (χ0) is 17.4. The summed E-state index contributed by atoms with van der Waals surface area (Å²) in [5.74, 6) is -5.05. The Kier molecular flexibility index (Phi) is 5.16. The Labute approximate surface area is 139 Å². The van der Waals surface area contributed by atoms with Crippen LogP contribution in [0.15, 0.2) is 12.1 Å². The second kappa shape index (κ2) is 7.01. The topological polar surface area (TPSA) is 0 Å². The predicted molar refractivity (Wildman–Crippen MR) is 82.7 cm³/mol. The first-order valence-electron chi connectivity index (χ1n) is 8.83. The molecule has 1 aromatic rings. The van der Waals surface area contributed by atoms with Crippen LogP contribution in [-0.4, -0.2) is 12.3 Å². The van der Waals surface area contributed by atoms with Crippen LogP contribution in [0.4, 0.5) is 22.0 Å². The number of halogens is 5. The molecule has 0 bridgehead atoms. The van der Waals surface area contributed by atoms with Crippen molar-refractivity contribution in [2.45, 2.75) is 63.7 Å². The molecule has 0 radical (unpaired) electrons. The molecule has 0 N–H and O–H groups in total. The van der Waals surface area contributed by atoms with E-state index in [0.717, 1.165) is 25.0 Å². The Morgan fingerprint density at radius 2 is 1.38 bits per heavy atom. The van der Waals surface area contributed by atoms with Crippen LogP contribution < -0.4 is 0 Å². The molecule has 2 aliphatic carbocycles. The molecular formula is C19H23F5. The minimum Gasteiger partial charge on any atom is -0.247 e. The molecule has 0 aliphatic heterocycles. The van der Waals surface area contributed by atoms with E-state index in [2.05, 4.69) is 0 Å². The summed E-state index contributed by atoms with van der Waals surface area (Å²) < 4.78 is 69.4. The fraction of sp³-hybridized carbons (Fsp3) is 0.684. The molecule has 0 spiro atoms. The quantitative estimate of drug-likeness (QED) is 0.458. The van der Waals surface area contributed by atoms with Crippen molar-refractivity contribution in [3.63, 3.8) is 0 Å².